The lowest BCUT2D eigenvalue weighted by molar-refractivity contribution is 0.0949. The molecule has 0 aliphatic rings. The van der Waals surface area contributed by atoms with E-state index in [1.165, 1.54) is 32.3 Å². The van der Waals surface area contributed by atoms with Crippen LogP contribution in [0.1, 0.15) is 24.2 Å². The third-order valence-electron chi connectivity index (χ3n) is 2.63. The number of carbonyl (C=O) groups is 1. The number of rotatable bonds is 5. The van der Waals surface area contributed by atoms with Crippen LogP contribution in [0.5, 0.6) is 0 Å². The summed E-state index contributed by atoms with van der Waals surface area (Å²) in [6.07, 6.45) is 0. The number of amides is 1. The van der Waals surface area contributed by atoms with Crippen molar-refractivity contribution in [3.05, 3.63) is 28.8 Å². The molecule has 0 radical (unpaired) electrons. The van der Waals surface area contributed by atoms with Gasteiger partial charge in [-0.2, -0.15) is 0 Å². The van der Waals surface area contributed by atoms with Crippen LogP contribution in [0.4, 0.5) is 0 Å². The molecule has 5 nitrogen and oxygen atoms in total. The van der Waals surface area contributed by atoms with Crippen molar-refractivity contribution in [2.24, 2.45) is 5.92 Å². The summed E-state index contributed by atoms with van der Waals surface area (Å²) in [4.78, 5) is 12.1. The molecular weight excluding hydrogens is 300 g/mol. The Morgan fingerprint density at radius 2 is 1.95 bits per heavy atom. The van der Waals surface area contributed by atoms with Crippen LogP contribution in [-0.2, 0) is 10.0 Å². The van der Waals surface area contributed by atoms with E-state index in [1.54, 1.807) is 0 Å². The van der Waals surface area contributed by atoms with E-state index in [0.717, 1.165) is 4.31 Å². The zero-order chi connectivity index (χ0) is 15.5. The Bertz CT molecular complexity index is 598. The normalized spacial score (nSPS) is 11.9. The molecule has 0 aliphatic carbocycles. The summed E-state index contributed by atoms with van der Waals surface area (Å²) in [6.45, 7) is 4.43. The van der Waals surface area contributed by atoms with E-state index in [1.807, 2.05) is 13.8 Å². The van der Waals surface area contributed by atoms with Gasteiger partial charge >= 0.3 is 0 Å². The Hall–Kier alpha value is -1.11. The van der Waals surface area contributed by atoms with Crippen LogP contribution in [0.15, 0.2) is 23.1 Å². The summed E-state index contributed by atoms with van der Waals surface area (Å²) in [6, 6.07) is 4.10. The van der Waals surface area contributed by atoms with Gasteiger partial charge in [-0.1, -0.05) is 25.4 Å². The fraction of sp³-hybridized carbons (Fsp3) is 0.462. The highest BCUT2D eigenvalue weighted by molar-refractivity contribution is 7.89. The highest BCUT2D eigenvalue weighted by Gasteiger charge is 2.20. The number of carbonyl (C=O) groups excluding carboxylic acids is 1. The number of nitrogens with one attached hydrogen (secondary N) is 1. The first-order valence-electron chi connectivity index (χ1n) is 6.16. The second-order valence-corrected chi connectivity index (χ2v) is 7.59. The molecule has 1 rings (SSSR count). The van der Waals surface area contributed by atoms with Gasteiger partial charge in [-0.15, -0.1) is 0 Å². The van der Waals surface area contributed by atoms with Gasteiger partial charge in [-0.25, -0.2) is 12.7 Å². The Balaban J connectivity index is 3.13. The zero-order valence-electron chi connectivity index (χ0n) is 12.0. The number of sulfonamides is 1. The third-order valence-corrected chi connectivity index (χ3v) is 4.77. The minimum absolute atomic E-state index is 0.0431. The van der Waals surface area contributed by atoms with Crippen LogP contribution < -0.4 is 5.32 Å². The van der Waals surface area contributed by atoms with E-state index >= 15 is 0 Å². The molecule has 0 atom stereocenters. The van der Waals surface area contributed by atoms with Crippen molar-refractivity contribution < 1.29 is 13.2 Å². The second kappa shape index (κ2) is 6.56. The number of nitrogens with zero attached hydrogens (tertiary/aromatic N) is 1. The molecule has 0 unspecified atom stereocenters. The lowest BCUT2D eigenvalue weighted by Gasteiger charge is -2.13. The summed E-state index contributed by atoms with van der Waals surface area (Å²) in [5.74, 6) is -0.0778. The van der Waals surface area contributed by atoms with Crippen LogP contribution in [0.3, 0.4) is 0 Å². The Morgan fingerprint density at radius 1 is 1.35 bits per heavy atom. The van der Waals surface area contributed by atoms with Crippen molar-refractivity contribution in [1.29, 1.82) is 0 Å². The average Bonchev–Trinajstić information content (AvgIpc) is 2.35. The first-order valence-corrected chi connectivity index (χ1v) is 7.98. The predicted molar refractivity (Wildman–Crippen MR) is 79.5 cm³/mol. The maximum atomic E-state index is 12.0. The van der Waals surface area contributed by atoms with E-state index in [4.69, 9.17) is 11.6 Å². The van der Waals surface area contributed by atoms with Crippen molar-refractivity contribution in [3.8, 4) is 0 Å². The second-order valence-electron chi connectivity index (χ2n) is 5.03. The molecule has 7 heteroatoms. The van der Waals surface area contributed by atoms with Gasteiger partial charge in [0, 0.05) is 20.6 Å². The van der Waals surface area contributed by atoms with Crippen molar-refractivity contribution in [1.82, 2.24) is 9.62 Å². The van der Waals surface area contributed by atoms with E-state index < -0.39 is 10.0 Å². The van der Waals surface area contributed by atoms with E-state index in [2.05, 4.69) is 5.32 Å². The van der Waals surface area contributed by atoms with Gasteiger partial charge in [0.2, 0.25) is 10.0 Å². The zero-order valence-corrected chi connectivity index (χ0v) is 13.5. The lowest BCUT2D eigenvalue weighted by atomic mass is 10.2. The number of hydrogen-bond donors (Lipinski definition) is 1. The van der Waals surface area contributed by atoms with Crippen LogP contribution >= 0.6 is 11.6 Å². The Morgan fingerprint density at radius 3 is 2.45 bits per heavy atom. The lowest BCUT2D eigenvalue weighted by Crippen LogP contribution is -2.28. The summed E-state index contributed by atoms with van der Waals surface area (Å²) in [7, 11) is -0.720. The van der Waals surface area contributed by atoms with Crippen molar-refractivity contribution in [2.45, 2.75) is 18.7 Å². The van der Waals surface area contributed by atoms with Gasteiger partial charge in [0.25, 0.3) is 5.91 Å². The molecule has 0 aromatic heterocycles. The fourth-order valence-corrected chi connectivity index (χ4v) is 2.57. The molecule has 0 spiro atoms. The predicted octanol–water partition coefficient (Wildman–Crippen LogP) is 1.98. The first-order chi connectivity index (χ1) is 9.16. The molecule has 0 fully saturated rings. The molecule has 20 heavy (non-hydrogen) atoms. The van der Waals surface area contributed by atoms with E-state index in [0.29, 0.717) is 12.5 Å². The highest BCUT2D eigenvalue weighted by atomic mass is 35.5. The van der Waals surface area contributed by atoms with Crippen LogP contribution in [0.2, 0.25) is 5.02 Å². The molecule has 0 heterocycles. The number of hydrogen-bond acceptors (Lipinski definition) is 3. The highest BCUT2D eigenvalue weighted by Crippen LogP contribution is 2.22. The van der Waals surface area contributed by atoms with E-state index in [-0.39, 0.29) is 21.4 Å². The molecule has 0 saturated heterocycles. The van der Waals surface area contributed by atoms with Crippen LogP contribution in [-0.4, -0.2) is 39.3 Å². The standard InChI is InChI=1S/C13H19ClN2O3S/c1-9(2)8-15-13(17)11-7-10(5-6-12(11)14)20(18,19)16(3)4/h5-7,9H,8H2,1-4H3,(H,15,17). The van der Waals surface area contributed by atoms with Gasteiger partial charge in [0.15, 0.2) is 0 Å². The van der Waals surface area contributed by atoms with Gasteiger partial charge in [0.1, 0.15) is 0 Å². The van der Waals surface area contributed by atoms with Gasteiger partial charge in [-0.3, -0.25) is 4.79 Å². The summed E-state index contributed by atoms with van der Waals surface area (Å²) in [5, 5.41) is 2.94. The quantitative estimate of drug-likeness (QED) is 0.902. The summed E-state index contributed by atoms with van der Waals surface area (Å²) in [5.41, 5.74) is 0.162. The molecule has 1 N–H and O–H groups in total. The molecule has 1 amide bonds. The maximum absolute atomic E-state index is 12.0. The number of halogens is 1. The maximum Gasteiger partial charge on any atom is 0.252 e. The Labute approximate surface area is 125 Å². The number of benzene rings is 1. The average molecular weight is 319 g/mol. The summed E-state index contributed by atoms with van der Waals surface area (Å²) < 4.78 is 25.2. The topological polar surface area (TPSA) is 66.5 Å². The van der Waals surface area contributed by atoms with Crippen LogP contribution in [0.25, 0.3) is 0 Å². The third kappa shape index (κ3) is 3.94. The SMILES string of the molecule is CC(C)CNC(=O)c1cc(S(=O)(=O)N(C)C)ccc1Cl. The minimum atomic E-state index is -3.59. The van der Waals surface area contributed by atoms with Gasteiger partial charge in [-0.05, 0) is 24.1 Å². The van der Waals surface area contributed by atoms with Gasteiger partial charge in [0.05, 0.1) is 15.5 Å². The minimum Gasteiger partial charge on any atom is -0.352 e. The molecule has 112 valence electrons. The van der Waals surface area contributed by atoms with Crippen molar-refractivity contribution in [2.75, 3.05) is 20.6 Å². The smallest absolute Gasteiger partial charge is 0.252 e. The van der Waals surface area contributed by atoms with Crippen molar-refractivity contribution in [3.63, 3.8) is 0 Å². The summed E-state index contributed by atoms with van der Waals surface area (Å²) >= 11 is 5.97. The fourth-order valence-electron chi connectivity index (χ4n) is 1.44. The Kier molecular flexibility index (Phi) is 5.56. The molecule has 0 saturated carbocycles. The molecular formula is C13H19ClN2O3S. The van der Waals surface area contributed by atoms with Crippen molar-refractivity contribution >= 4 is 27.5 Å². The van der Waals surface area contributed by atoms with E-state index in [9.17, 15) is 13.2 Å². The monoisotopic (exact) mass is 318 g/mol. The molecule has 0 aliphatic heterocycles. The first kappa shape index (κ1) is 16.9. The van der Waals surface area contributed by atoms with Gasteiger partial charge < -0.3 is 5.32 Å². The van der Waals surface area contributed by atoms with Crippen LogP contribution in [0, 0.1) is 5.92 Å². The molecule has 1 aromatic rings. The molecule has 1 aromatic carbocycles. The largest absolute Gasteiger partial charge is 0.352 e. The molecule has 0 bridgehead atoms.